The van der Waals surface area contributed by atoms with Gasteiger partial charge in [0, 0.05) is 29.8 Å². The van der Waals surface area contributed by atoms with E-state index in [-0.39, 0.29) is 29.6 Å². The molecule has 2 heterocycles. The molecular formula is C16H14F4N2O. The smallest absolute Gasteiger partial charge is 0.416 e. The van der Waals surface area contributed by atoms with Gasteiger partial charge in [-0.15, -0.1) is 0 Å². The predicted molar refractivity (Wildman–Crippen MR) is 76.5 cm³/mol. The molecule has 23 heavy (non-hydrogen) atoms. The van der Waals surface area contributed by atoms with Gasteiger partial charge in [0.05, 0.1) is 11.3 Å². The highest BCUT2D eigenvalue weighted by Gasteiger charge is 2.32. The van der Waals surface area contributed by atoms with Gasteiger partial charge in [0.2, 0.25) is 0 Å². The Morgan fingerprint density at radius 2 is 2.00 bits per heavy atom. The molecule has 122 valence electrons. The van der Waals surface area contributed by atoms with E-state index in [1.807, 2.05) is 0 Å². The molecule has 2 aromatic rings. The molecule has 3 rings (SSSR count). The van der Waals surface area contributed by atoms with Crippen molar-refractivity contribution in [3.05, 3.63) is 46.9 Å². The standard InChI is InChI=1S/C16H14F4N2O/c1-8-2-10(16(18,19)20)5-14(22-8)13-6-11(17)3-9-4-12(7-21)23-15(9)13/h2-3,5-6,12H,4,7,21H2,1H3/t12-/m1/s1. The van der Waals surface area contributed by atoms with Crippen molar-refractivity contribution < 1.29 is 22.3 Å². The van der Waals surface area contributed by atoms with Crippen molar-refractivity contribution in [2.75, 3.05) is 6.54 Å². The van der Waals surface area contributed by atoms with Crippen LogP contribution < -0.4 is 10.5 Å². The van der Waals surface area contributed by atoms with Crippen LogP contribution in [0.5, 0.6) is 5.75 Å². The molecule has 0 radical (unpaired) electrons. The molecule has 1 atom stereocenters. The third kappa shape index (κ3) is 3.01. The summed E-state index contributed by atoms with van der Waals surface area (Å²) in [5, 5.41) is 0. The van der Waals surface area contributed by atoms with Gasteiger partial charge in [-0.05, 0) is 31.2 Å². The lowest BCUT2D eigenvalue weighted by atomic mass is 10.0. The lowest BCUT2D eigenvalue weighted by Crippen LogP contribution is -2.24. The number of fused-ring (bicyclic) bond motifs is 1. The molecule has 0 spiro atoms. The maximum Gasteiger partial charge on any atom is 0.416 e. The van der Waals surface area contributed by atoms with E-state index in [9.17, 15) is 17.6 Å². The largest absolute Gasteiger partial charge is 0.488 e. The van der Waals surface area contributed by atoms with Crippen LogP contribution in [0.3, 0.4) is 0 Å². The summed E-state index contributed by atoms with van der Waals surface area (Å²) in [7, 11) is 0. The molecule has 1 aliphatic heterocycles. The minimum absolute atomic E-state index is 0.0331. The van der Waals surface area contributed by atoms with Gasteiger partial charge >= 0.3 is 6.18 Å². The Labute approximate surface area is 130 Å². The number of hydrogen-bond donors (Lipinski definition) is 1. The van der Waals surface area contributed by atoms with E-state index in [0.717, 1.165) is 18.2 Å². The summed E-state index contributed by atoms with van der Waals surface area (Å²) < 4.78 is 58.4. The number of aryl methyl sites for hydroxylation is 1. The van der Waals surface area contributed by atoms with E-state index in [1.54, 1.807) is 0 Å². The van der Waals surface area contributed by atoms with E-state index in [4.69, 9.17) is 10.5 Å². The highest BCUT2D eigenvalue weighted by Crippen LogP contribution is 2.40. The first-order valence-electron chi connectivity index (χ1n) is 7.03. The first kappa shape index (κ1) is 15.7. The van der Waals surface area contributed by atoms with Crippen LogP contribution in [0.1, 0.15) is 16.8 Å². The summed E-state index contributed by atoms with van der Waals surface area (Å²) in [5.74, 6) is -0.190. The van der Waals surface area contributed by atoms with Gasteiger partial charge in [-0.2, -0.15) is 13.2 Å². The number of hydrogen-bond acceptors (Lipinski definition) is 3. The second-order valence-electron chi connectivity index (χ2n) is 5.50. The van der Waals surface area contributed by atoms with Gasteiger partial charge in [-0.3, -0.25) is 4.98 Å². The van der Waals surface area contributed by atoms with Crippen LogP contribution in [0.2, 0.25) is 0 Å². The Hall–Kier alpha value is -2.15. The molecule has 0 unspecified atom stereocenters. The highest BCUT2D eigenvalue weighted by molar-refractivity contribution is 5.71. The Bertz CT molecular complexity index is 758. The van der Waals surface area contributed by atoms with Gasteiger partial charge in [0.15, 0.2) is 0 Å². The number of aromatic nitrogens is 1. The second-order valence-corrected chi connectivity index (χ2v) is 5.50. The van der Waals surface area contributed by atoms with Crippen molar-refractivity contribution in [3.63, 3.8) is 0 Å². The normalized spacial score (nSPS) is 17.0. The van der Waals surface area contributed by atoms with Gasteiger partial charge in [0.1, 0.15) is 17.7 Å². The molecule has 0 amide bonds. The van der Waals surface area contributed by atoms with Crippen molar-refractivity contribution in [2.24, 2.45) is 5.73 Å². The van der Waals surface area contributed by atoms with Crippen LogP contribution in [0, 0.1) is 12.7 Å². The van der Waals surface area contributed by atoms with Gasteiger partial charge in [0.25, 0.3) is 0 Å². The molecule has 7 heteroatoms. The molecule has 1 aliphatic rings. The van der Waals surface area contributed by atoms with Gasteiger partial charge in [-0.25, -0.2) is 4.39 Å². The van der Waals surface area contributed by atoms with E-state index < -0.39 is 17.6 Å². The van der Waals surface area contributed by atoms with Crippen LogP contribution >= 0.6 is 0 Å². The summed E-state index contributed by atoms with van der Waals surface area (Å²) >= 11 is 0. The molecule has 0 saturated heterocycles. The fourth-order valence-electron chi connectivity index (χ4n) is 2.69. The zero-order valence-corrected chi connectivity index (χ0v) is 12.2. The van der Waals surface area contributed by atoms with Crippen molar-refractivity contribution in [1.82, 2.24) is 4.98 Å². The van der Waals surface area contributed by atoms with Crippen LogP contribution in [-0.2, 0) is 12.6 Å². The zero-order chi connectivity index (χ0) is 16.8. The number of rotatable bonds is 2. The molecule has 0 aliphatic carbocycles. The number of nitrogens with two attached hydrogens (primary N) is 1. The lowest BCUT2D eigenvalue weighted by Gasteiger charge is -2.13. The molecular weight excluding hydrogens is 312 g/mol. The summed E-state index contributed by atoms with van der Waals surface area (Å²) in [5.41, 5.74) is 5.77. The minimum atomic E-state index is -4.50. The zero-order valence-electron chi connectivity index (χ0n) is 12.2. The maximum atomic E-state index is 13.8. The van der Waals surface area contributed by atoms with Crippen LogP contribution in [0.25, 0.3) is 11.3 Å². The van der Waals surface area contributed by atoms with E-state index in [2.05, 4.69) is 4.98 Å². The molecule has 1 aromatic heterocycles. The third-order valence-electron chi connectivity index (χ3n) is 3.68. The topological polar surface area (TPSA) is 48.1 Å². The number of ether oxygens (including phenoxy) is 1. The highest BCUT2D eigenvalue weighted by atomic mass is 19.4. The van der Waals surface area contributed by atoms with E-state index >= 15 is 0 Å². The van der Waals surface area contributed by atoms with Crippen molar-refractivity contribution in [1.29, 1.82) is 0 Å². The maximum absolute atomic E-state index is 13.8. The summed E-state index contributed by atoms with van der Waals surface area (Å²) in [6, 6.07) is 4.31. The molecule has 2 N–H and O–H groups in total. The Morgan fingerprint density at radius 1 is 1.26 bits per heavy atom. The Balaban J connectivity index is 2.16. The first-order chi connectivity index (χ1) is 10.8. The number of halogens is 4. The number of benzene rings is 1. The molecule has 0 saturated carbocycles. The van der Waals surface area contributed by atoms with Crippen molar-refractivity contribution >= 4 is 0 Å². The van der Waals surface area contributed by atoms with E-state index in [1.165, 1.54) is 13.0 Å². The Morgan fingerprint density at radius 3 is 2.65 bits per heavy atom. The third-order valence-corrected chi connectivity index (χ3v) is 3.68. The SMILES string of the molecule is Cc1cc(C(F)(F)F)cc(-c2cc(F)cc3c2O[C@@H](CN)C3)n1. The average Bonchev–Trinajstić information content (AvgIpc) is 2.87. The Kier molecular flexibility index (Phi) is 3.75. The van der Waals surface area contributed by atoms with Crippen LogP contribution in [0.15, 0.2) is 24.3 Å². The van der Waals surface area contributed by atoms with Crippen LogP contribution in [-0.4, -0.2) is 17.6 Å². The van der Waals surface area contributed by atoms with Crippen molar-refractivity contribution in [2.45, 2.75) is 25.6 Å². The molecule has 3 nitrogen and oxygen atoms in total. The fraction of sp³-hybridized carbons (Fsp3) is 0.312. The molecule has 0 fully saturated rings. The number of alkyl halides is 3. The monoisotopic (exact) mass is 326 g/mol. The van der Waals surface area contributed by atoms with Gasteiger partial charge < -0.3 is 10.5 Å². The lowest BCUT2D eigenvalue weighted by molar-refractivity contribution is -0.137. The summed E-state index contributed by atoms with van der Waals surface area (Å²) in [6.45, 7) is 1.70. The fourth-order valence-corrected chi connectivity index (χ4v) is 2.69. The molecule has 0 bridgehead atoms. The van der Waals surface area contributed by atoms with Gasteiger partial charge in [-0.1, -0.05) is 0 Å². The number of nitrogens with zero attached hydrogens (tertiary/aromatic N) is 1. The first-order valence-corrected chi connectivity index (χ1v) is 7.03. The predicted octanol–water partition coefficient (Wildman–Crippen LogP) is 3.48. The van der Waals surface area contributed by atoms with E-state index in [0.29, 0.717) is 17.7 Å². The number of pyridine rings is 1. The minimum Gasteiger partial charge on any atom is -0.488 e. The average molecular weight is 326 g/mol. The molecule has 1 aromatic carbocycles. The second kappa shape index (κ2) is 5.49. The van der Waals surface area contributed by atoms with Crippen molar-refractivity contribution in [3.8, 4) is 17.0 Å². The summed E-state index contributed by atoms with van der Waals surface area (Å²) in [6.07, 6.45) is -4.38. The summed E-state index contributed by atoms with van der Waals surface area (Å²) in [4.78, 5) is 4.11. The quantitative estimate of drug-likeness (QED) is 0.860. The van der Waals surface area contributed by atoms with Crippen LogP contribution in [0.4, 0.5) is 17.6 Å².